The van der Waals surface area contributed by atoms with Crippen LogP contribution in [0.4, 0.5) is 0 Å². The summed E-state index contributed by atoms with van der Waals surface area (Å²) in [5, 5.41) is 3.37. The summed E-state index contributed by atoms with van der Waals surface area (Å²) >= 11 is 0. The number of halogens is 1. The lowest BCUT2D eigenvalue weighted by Gasteiger charge is -2.32. The van der Waals surface area contributed by atoms with Gasteiger partial charge in [-0.1, -0.05) is 0 Å². The maximum absolute atomic E-state index is 12.1. The number of carbonyl (C=O) groups excluding carboxylic acids is 1. The van der Waals surface area contributed by atoms with E-state index in [-0.39, 0.29) is 24.4 Å². The number of hydrogen-bond donors (Lipinski definition) is 1. The molecule has 2 rings (SSSR count). The molecule has 5 nitrogen and oxygen atoms in total. The lowest BCUT2D eigenvalue weighted by molar-refractivity contribution is -0.131. The van der Waals surface area contributed by atoms with Crippen LogP contribution in [0.1, 0.15) is 26.7 Å². The Balaban J connectivity index is 0.00000200. The Morgan fingerprint density at radius 2 is 2.00 bits per heavy atom. The number of piperazine rings is 1. The van der Waals surface area contributed by atoms with Crippen molar-refractivity contribution in [3.8, 4) is 0 Å². The SMILES string of the molecule is CC(C)OCCC(=O)N1CCC(N2CCNCC2)C1.Cl. The van der Waals surface area contributed by atoms with Crippen LogP contribution in [0.3, 0.4) is 0 Å². The van der Waals surface area contributed by atoms with E-state index >= 15 is 0 Å². The molecule has 0 radical (unpaired) electrons. The zero-order valence-electron chi connectivity index (χ0n) is 12.6. The number of carbonyl (C=O) groups is 1. The first-order chi connectivity index (χ1) is 9.16. The molecule has 6 heteroatoms. The predicted octanol–water partition coefficient (Wildman–Crippen LogP) is 0.729. The minimum atomic E-state index is 0. The summed E-state index contributed by atoms with van der Waals surface area (Å²) in [6, 6.07) is 0.567. The third kappa shape index (κ3) is 5.20. The van der Waals surface area contributed by atoms with E-state index in [1.54, 1.807) is 0 Å². The van der Waals surface area contributed by atoms with Crippen molar-refractivity contribution in [3.05, 3.63) is 0 Å². The van der Waals surface area contributed by atoms with Gasteiger partial charge >= 0.3 is 0 Å². The van der Waals surface area contributed by atoms with Gasteiger partial charge in [0.1, 0.15) is 0 Å². The zero-order valence-corrected chi connectivity index (χ0v) is 13.5. The summed E-state index contributed by atoms with van der Waals surface area (Å²) in [5.74, 6) is 0.248. The minimum Gasteiger partial charge on any atom is -0.378 e. The first-order valence-electron chi connectivity index (χ1n) is 7.51. The maximum Gasteiger partial charge on any atom is 0.224 e. The average Bonchev–Trinajstić information content (AvgIpc) is 2.89. The van der Waals surface area contributed by atoms with Crippen molar-refractivity contribution in [2.24, 2.45) is 0 Å². The molecule has 0 bridgehead atoms. The van der Waals surface area contributed by atoms with Crippen molar-refractivity contribution < 1.29 is 9.53 Å². The second-order valence-corrected chi connectivity index (χ2v) is 5.74. The summed E-state index contributed by atoms with van der Waals surface area (Å²) in [6.45, 7) is 10.7. The van der Waals surface area contributed by atoms with Gasteiger partial charge in [-0.2, -0.15) is 0 Å². The van der Waals surface area contributed by atoms with Gasteiger partial charge in [-0.05, 0) is 20.3 Å². The molecule has 0 aliphatic carbocycles. The number of ether oxygens (including phenoxy) is 1. The molecule has 20 heavy (non-hydrogen) atoms. The maximum atomic E-state index is 12.1. The van der Waals surface area contributed by atoms with Crippen molar-refractivity contribution in [2.75, 3.05) is 45.9 Å². The molecule has 2 saturated heterocycles. The summed E-state index contributed by atoms with van der Waals surface area (Å²) in [5.41, 5.74) is 0. The molecule has 2 heterocycles. The minimum absolute atomic E-state index is 0. The molecule has 1 atom stereocenters. The normalized spacial score (nSPS) is 23.9. The van der Waals surface area contributed by atoms with E-state index in [4.69, 9.17) is 4.74 Å². The fourth-order valence-corrected chi connectivity index (χ4v) is 2.85. The van der Waals surface area contributed by atoms with Crippen LogP contribution in [0.5, 0.6) is 0 Å². The highest BCUT2D eigenvalue weighted by atomic mass is 35.5. The second-order valence-electron chi connectivity index (χ2n) is 5.74. The van der Waals surface area contributed by atoms with Gasteiger partial charge in [-0.15, -0.1) is 12.4 Å². The quantitative estimate of drug-likeness (QED) is 0.813. The molecule has 0 aromatic rings. The Kier molecular flexibility index (Phi) is 7.80. The molecular weight excluding hydrogens is 278 g/mol. The first-order valence-corrected chi connectivity index (χ1v) is 7.51. The highest BCUT2D eigenvalue weighted by Crippen LogP contribution is 2.17. The van der Waals surface area contributed by atoms with E-state index in [1.165, 1.54) is 0 Å². The molecule has 118 valence electrons. The number of rotatable bonds is 5. The van der Waals surface area contributed by atoms with Crippen molar-refractivity contribution in [2.45, 2.75) is 38.8 Å². The Bertz CT molecular complexity index is 296. The van der Waals surface area contributed by atoms with Gasteiger partial charge in [0.2, 0.25) is 5.91 Å². The van der Waals surface area contributed by atoms with Gasteiger partial charge in [0.25, 0.3) is 0 Å². The van der Waals surface area contributed by atoms with E-state index in [2.05, 4.69) is 10.2 Å². The van der Waals surface area contributed by atoms with Crippen molar-refractivity contribution in [1.82, 2.24) is 15.1 Å². The Morgan fingerprint density at radius 3 is 2.65 bits per heavy atom. The highest BCUT2D eigenvalue weighted by Gasteiger charge is 2.30. The third-order valence-electron chi connectivity index (χ3n) is 3.95. The molecular formula is C14H28ClN3O2. The fourth-order valence-electron chi connectivity index (χ4n) is 2.85. The van der Waals surface area contributed by atoms with Gasteiger partial charge in [0, 0.05) is 45.3 Å². The Morgan fingerprint density at radius 1 is 1.30 bits per heavy atom. The highest BCUT2D eigenvalue weighted by molar-refractivity contribution is 5.85. The van der Waals surface area contributed by atoms with E-state index in [1.807, 2.05) is 18.7 Å². The summed E-state index contributed by atoms with van der Waals surface area (Å²) in [6.07, 6.45) is 1.85. The van der Waals surface area contributed by atoms with Crippen molar-refractivity contribution in [1.29, 1.82) is 0 Å². The van der Waals surface area contributed by atoms with Crippen LogP contribution in [-0.2, 0) is 9.53 Å². The van der Waals surface area contributed by atoms with E-state index in [0.717, 1.165) is 45.7 Å². The lowest BCUT2D eigenvalue weighted by Crippen LogP contribution is -2.49. The summed E-state index contributed by atoms with van der Waals surface area (Å²) < 4.78 is 5.45. The molecule has 2 aliphatic heterocycles. The predicted molar refractivity (Wildman–Crippen MR) is 82.4 cm³/mol. The molecule has 0 aromatic heterocycles. The smallest absolute Gasteiger partial charge is 0.224 e. The van der Waals surface area contributed by atoms with E-state index < -0.39 is 0 Å². The molecule has 2 fully saturated rings. The van der Waals surface area contributed by atoms with E-state index in [0.29, 0.717) is 19.1 Å². The summed E-state index contributed by atoms with van der Waals surface area (Å²) in [7, 11) is 0. The largest absolute Gasteiger partial charge is 0.378 e. The molecule has 1 amide bonds. The molecule has 1 unspecified atom stereocenters. The molecule has 0 saturated carbocycles. The first kappa shape index (κ1) is 17.7. The van der Waals surface area contributed by atoms with Gasteiger partial charge in [0.05, 0.1) is 19.1 Å². The number of hydrogen-bond acceptors (Lipinski definition) is 4. The van der Waals surface area contributed by atoms with Crippen LogP contribution in [0, 0.1) is 0 Å². The molecule has 1 N–H and O–H groups in total. The second kappa shape index (κ2) is 8.82. The average molecular weight is 306 g/mol. The monoisotopic (exact) mass is 305 g/mol. The number of nitrogens with one attached hydrogen (secondary N) is 1. The zero-order chi connectivity index (χ0) is 13.7. The van der Waals surface area contributed by atoms with Crippen LogP contribution in [0.15, 0.2) is 0 Å². The van der Waals surface area contributed by atoms with Crippen LogP contribution < -0.4 is 5.32 Å². The molecule has 0 aromatic carbocycles. The van der Waals surface area contributed by atoms with Gasteiger partial charge in [-0.3, -0.25) is 9.69 Å². The fraction of sp³-hybridized carbons (Fsp3) is 0.929. The van der Waals surface area contributed by atoms with Crippen LogP contribution >= 0.6 is 12.4 Å². The van der Waals surface area contributed by atoms with Gasteiger partial charge in [-0.25, -0.2) is 0 Å². The van der Waals surface area contributed by atoms with Crippen molar-refractivity contribution in [3.63, 3.8) is 0 Å². The number of amides is 1. The van der Waals surface area contributed by atoms with Gasteiger partial charge < -0.3 is 15.0 Å². The van der Waals surface area contributed by atoms with Crippen LogP contribution in [0.25, 0.3) is 0 Å². The third-order valence-corrected chi connectivity index (χ3v) is 3.95. The van der Waals surface area contributed by atoms with Crippen LogP contribution in [-0.4, -0.2) is 73.7 Å². The van der Waals surface area contributed by atoms with Crippen LogP contribution in [0.2, 0.25) is 0 Å². The lowest BCUT2D eigenvalue weighted by atomic mass is 10.2. The molecule has 0 spiro atoms. The standard InChI is InChI=1S/C14H27N3O2.ClH/c1-12(2)19-10-4-14(18)17-7-3-13(11-17)16-8-5-15-6-9-16;/h12-13,15H,3-11H2,1-2H3;1H. The number of nitrogens with zero attached hydrogens (tertiary/aromatic N) is 2. The topological polar surface area (TPSA) is 44.8 Å². The van der Waals surface area contributed by atoms with E-state index in [9.17, 15) is 4.79 Å². The Hall–Kier alpha value is -0.360. The van der Waals surface area contributed by atoms with Gasteiger partial charge in [0.15, 0.2) is 0 Å². The molecule has 2 aliphatic rings. The number of likely N-dealkylation sites (tertiary alicyclic amines) is 1. The Labute approximate surface area is 128 Å². The van der Waals surface area contributed by atoms with Crippen molar-refractivity contribution >= 4 is 18.3 Å². The summed E-state index contributed by atoms with van der Waals surface area (Å²) in [4.78, 5) is 16.6.